The zero-order valence-corrected chi connectivity index (χ0v) is 11.0. The van der Waals surface area contributed by atoms with Crippen molar-refractivity contribution >= 4 is 11.6 Å². The van der Waals surface area contributed by atoms with E-state index in [0.29, 0.717) is 16.8 Å². The van der Waals surface area contributed by atoms with Crippen molar-refractivity contribution in [1.82, 2.24) is 5.16 Å². The van der Waals surface area contributed by atoms with Gasteiger partial charge in [0, 0.05) is 11.6 Å². The third kappa shape index (κ3) is 2.16. The van der Waals surface area contributed by atoms with E-state index in [0.717, 1.165) is 5.56 Å². The highest BCUT2D eigenvalue weighted by Gasteiger charge is 2.26. The van der Waals surface area contributed by atoms with Gasteiger partial charge >= 0.3 is 0 Å². The molecule has 0 spiro atoms. The van der Waals surface area contributed by atoms with Gasteiger partial charge in [-0.15, -0.1) is 0 Å². The minimum absolute atomic E-state index is 0.00944. The molecule has 0 unspecified atom stereocenters. The van der Waals surface area contributed by atoms with Gasteiger partial charge in [-0.1, -0.05) is 31.1 Å². The molecule has 0 aliphatic heterocycles. The molecule has 2 aromatic rings. The quantitative estimate of drug-likeness (QED) is 0.675. The minimum atomic E-state index is -0.419. The molecule has 0 fully saturated rings. The van der Waals surface area contributed by atoms with Crippen LogP contribution in [0.5, 0.6) is 0 Å². The summed E-state index contributed by atoms with van der Waals surface area (Å²) in [7, 11) is 0. The number of hydrogen-bond donors (Lipinski definition) is 1. The molecule has 1 aromatic heterocycles. The number of hydrogen-bond acceptors (Lipinski definition) is 5. The van der Waals surface area contributed by atoms with Gasteiger partial charge in [-0.05, 0) is 18.4 Å². The maximum atomic E-state index is 11.2. The van der Waals surface area contributed by atoms with E-state index in [2.05, 4.69) is 5.16 Å². The van der Waals surface area contributed by atoms with Crippen LogP contribution in [-0.2, 0) is 0 Å². The number of nitrogen functional groups attached to an aromatic ring is 1. The first-order chi connectivity index (χ1) is 8.93. The van der Waals surface area contributed by atoms with E-state index in [4.69, 9.17) is 10.3 Å². The average Bonchev–Trinajstić information content (AvgIpc) is 2.70. The molecule has 1 aromatic carbocycles. The van der Waals surface area contributed by atoms with Crippen molar-refractivity contribution in [2.45, 2.75) is 26.7 Å². The lowest BCUT2D eigenvalue weighted by molar-refractivity contribution is -0.384. The Balaban J connectivity index is 2.76. The third-order valence-corrected chi connectivity index (χ3v) is 3.02. The molecule has 6 heteroatoms. The van der Waals surface area contributed by atoms with E-state index >= 15 is 0 Å². The van der Waals surface area contributed by atoms with Gasteiger partial charge in [0.25, 0.3) is 5.69 Å². The summed E-state index contributed by atoms with van der Waals surface area (Å²) in [6, 6.07) is 4.91. The SMILES string of the molecule is Cc1cccc([N+](=O)[O-])c1-c1noc(N)c1C(C)C. The molecular weight excluding hydrogens is 246 g/mol. The molecule has 2 N–H and O–H groups in total. The molecule has 0 amide bonds. The first kappa shape index (κ1) is 13.1. The molecule has 19 heavy (non-hydrogen) atoms. The Hall–Kier alpha value is -2.37. The first-order valence-electron chi connectivity index (χ1n) is 5.93. The van der Waals surface area contributed by atoms with Crippen LogP contribution >= 0.6 is 0 Å². The van der Waals surface area contributed by atoms with Crippen LogP contribution in [0.25, 0.3) is 11.3 Å². The highest BCUT2D eigenvalue weighted by Crippen LogP contribution is 2.39. The standard InChI is InChI=1S/C13H15N3O3/c1-7(2)10-12(15-19-13(10)14)11-8(3)5-4-6-9(11)16(17)18/h4-7H,14H2,1-3H3. The van der Waals surface area contributed by atoms with E-state index in [-0.39, 0.29) is 17.5 Å². The van der Waals surface area contributed by atoms with Crippen LogP contribution in [0.2, 0.25) is 0 Å². The van der Waals surface area contributed by atoms with E-state index in [1.807, 2.05) is 13.8 Å². The number of nitrogens with two attached hydrogens (primary N) is 1. The molecule has 2 rings (SSSR count). The summed E-state index contributed by atoms with van der Waals surface area (Å²) in [4.78, 5) is 10.7. The van der Waals surface area contributed by atoms with Crippen molar-refractivity contribution in [2.24, 2.45) is 0 Å². The summed E-state index contributed by atoms with van der Waals surface area (Å²) >= 11 is 0. The van der Waals surface area contributed by atoms with Gasteiger partial charge < -0.3 is 10.3 Å². The molecule has 6 nitrogen and oxygen atoms in total. The molecule has 100 valence electrons. The molecule has 0 saturated heterocycles. The molecule has 0 bridgehead atoms. The Morgan fingerprint density at radius 3 is 2.68 bits per heavy atom. The number of aryl methyl sites for hydroxylation is 1. The number of anilines is 1. The lowest BCUT2D eigenvalue weighted by Gasteiger charge is -2.08. The van der Waals surface area contributed by atoms with E-state index in [1.165, 1.54) is 6.07 Å². The fourth-order valence-electron chi connectivity index (χ4n) is 2.16. The number of benzene rings is 1. The van der Waals surface area contributed by atoms with Crippen LogP contribution in [0.15, 0.2) is 22.7 Å². The van der Waals surface area contributed by atoms with Crippen LogP contribution in [0.1, 0.15) is 30.9 Å². The minimum Gasteiger partial charge on any atom is -0.367 e. The summed E-state index contributed by atoms with van der Waals surface area (Å²) in [5, 5.41) is 15.1. The first-order valence-corrected chi connectivity index (χ1v) is 5.93. The molecular formula is C13H15N3O3. The van der Waals surface area contributed by atoms with Crippen LogP contribution in [-0.4, -0.2) is 10.1 Å². The van der Waals surface area contributed by atoms with E-state index in [1.54, 1.807) is 19.1 Å². The lowest BCUT2D eigenvalue weighted by Crippen LogP contribution is -1.99. The fraction of sp³-hybridized carbons (Fsp3) is 0.308. The zero-order chi connectivity index (χ0) is 14.2. The van der Waals surface area contributed by atoms with Crippen molar-refractivity contribution in [3.8, 4) is 11.3 Å². The van der Waals surface area contributed by atoms with Crippen molar-refractivity contribution in [3.05, 3.63) is 39.4 Å². The summed E-state index contributed by atoms with van der Waals surface area (Å²) < 4.78 is 5.01. The number of nitro groups is 1. The molecule has 0 atom stereocenters. The Labute approximate surface area is 110 Å². The average molecular weight is 261 g/mol. The highest BCUT2D eigenvalue weighted by molar-refractivity contribution is 5.78. The summed E-state index contributed by atoms with van der Waals surface area (Å²) in [6.07, 6.45) is 0. The van der Waals surface area contributed by atoms with Gasteiger partial charge in [-0.25, -0.2) is 0 Å². The van der Waals surface area contributed by atoms with Gasteiger partial charge in [-0.3, -0.25) is 10.1 Å². The third-order valence-electron chi connectivity index (χ3n) is 3.02. The van der Waals surface area contributed by atoms with E-state index in [9.17, 15) is 10.1 Å². The van der Waals surface area contributed by atoms with Gasteiger partial charge in [0.15, 0.2) is 0 Å². The second-order valence-electron chi connectivity index (χ2n) is 4.69. The molecule has 0 aliphatic carbocycles. The van der Waals surface area contributed by atoms with Crippen molar-refractivity contribution in [2.75, 3.05) is 5.73 Å². The zero-order valence-electron chi connectivity index (χ0n) is 11.0. The smallest absolute Gasteiger partial charge is 0.279 e. The van der Waals surface area contributed by atoms with Crippen LogP contribution in [0, 0.1) is 17.0 Å². The van der Waals surface area contributed by atoms with Gasteiger partial charge in [0.1, 0.15) is 5.69 Å². The molecule has 0 saturated carbocycles. The number of aromatic nitrogens is 1. The predicted octanol–water partition coefficient (Wildman–Crippen LogP) is 3.26. The van der Waals surface area contributed by atoms with Crippen LogP contribution in [0.4, 0.5) is 11.6 Å². The molecule has 1 heterocycles. The Morgan fingerprint density at radius 2 is 2.11 bits per heavy atom. The summed E-state index contributed by atoms with van der Waals surface area (Å²) in [5.74, 6) is 0.281. The second-order valence-corrected chi connectivity index (χ2v) is 4.69. The highest BCUT2D eigenvalue weighted by atomic mass is 16.6. The van der Waals surface area contributed by atoms with Crippen LogP contribution < -0.4 is 5.73 Å². The molecule has 0 aliphatic rings. The van der Waals surface area contributed by atoms with Crippen LogP contribution in [0.3, 0.4) is 0 Å². The van der Waals surface area contributed by atoms with Crippen molar-refractivity contribution in [1.29, 1.82) is 0 Å². The van der Waals surface area contributed by atoms with Crippen molar-refractivity contribution < 1.29 is 9.45 Å². The molecule has 0 radical (unpaired) electrons. The Bertz CT molecular complexity index is 632. The fourth-order valence-corrected chi connectivity index (χ4v) is 2.16. The maximum Gasteiger partial charge on any atom is 0.279 e. The van der Waals surface area contributed by atoms with Crippen molar-refractivity contribution in [3.63, 3.8) is 0 Å². The van der Waals surface area contributed by atoms with E-state index < -0.39 is 4.92 Å². The Morgan fingerprint density at radius 1 is 1.42 bits per heavy atom. The van der Waals surface area contributed by atoms with Gasteiger partial charge in [-0.2, -0.15) is 0 Å². The second kappa shape index (κ2) is 4.72. The predicted molar refractivity (Wildman–Crippen MR) is 71.8 cm³/mol. The topological polar surface area (TPSA) is 95.2 Å². The Kier molecular flexibility index (Phi) is 3.25. The number of rotatable bonds is 3. The largest absolute Gasteiger partial charge is 0.367 e. The monoisotopic (exact) mass is 261 g/mol. The van der Waals surface area contributed by atoms with Gasteiger partial charge in [0.05, 0.1) is 10.5 Å². The normalized spacial score (nSPS) is 10.9. The number of nitrogens with zero attached hydrogens (tertiary/aromatic N) is 2. The maximum absolute atomic E-state index is 11.2. The lowest BCUT2D eigenvalue weighted by atomic mass is 9.95. The van der Waals surface area contributed by atoms with Gasteiger partial charge in [0.2, 0.25) is 5.88 Å². The summed E-state index contributed by atoms with van der Waals surface area (Å²) in [5.41, 5.74) is 8.17. The number of nitro benzene ring substituents is 1. The summed E-state index contributed by atoms with van der Waals surface area (Å²) in [6.45, 7) is 5.68.